The van der Waals surface area contributed by atoms with Crippen LogP contribution in [0.25, 0.3) is 0 Å². The van der Waals surface area contributed by atoms with Crippen LogP contribution in [0, 0.1) is 13.8 Å². The Morgan fingerprint density at radius 2 is 1.50 bits per heavy atom. The van der Waals surface area contributed by atoms with Gasteiger partial charge in [-0.25, -0.2) is 18.0 Å². The van der Waals surface area contributed by atoms with E-state index in [1.54, 1.807) is 30.3 Å². The van der Waals surface area contributed by atoms with Crippen molar-refractivity contribution in [3.63, 3.8) is 0 Å². The Hall–Kier alpha value is -3.32. The molecule has 2 heterocycles. The van der Waals surface area contributed by atoms with Crippen LogP contribution in [0.4, 0.5) is 24.5 Å². The van der Waals surface area contributed by atoms with Crippen molar-refractivity contribution in [2.24, 2.45) is 0 Å². The van der Waals surface area contributed by atoms with Crippen LogP contribution in [0.3, 0.4) is 0 Å². The van der Waals surface area contributed by atoms with Crippen molar-refractivity contribution < 1.29 is 41.4 Å². The van der Waals surface area contributed by atoms with Gasteiger partial charge in [-0.1, -0.05) is 12.5 Å². The van der Waals surface area contributed by atoms with Crippen molar-refractivity contribution in [2.45, 2.75) is 63.1 Å². The summed E-state index contributed by atoms with van der Waals surface area (Å²) in [6.45, 7) is 7.72. The van der Waals surface area contributed by atoms with E-state index < -0.39 is 28.1 Å². The zero-order chi connectivity index (χ0) is 29.7. The second kappa shape index (κ2) is 12.9. The first kappa shape index (κ1) is 31.2. The van der Waals surface area contributed by atoms with Gasteiger partial charge >= 0.3 is 18.1 Å². The number of hydrogen-bond donors (Lipinski definition) is 3. The molecule has 0 unspecified atom stereocenters. The highest BCUT2D eigenvalue weighted by atomic mass is 32.2. The van der Waals surface area contributed by atoms with E-state index in [0.717, 1.165) is 37.1 Å². The zero-order valence-electron chi connectivity index (χ0n) is 22.4. The first-order chi connectivity index (χ1) is 18.7. The number of carboxylic acids is 2. The lowest BCUT2D eigenvalue weighted by molar-refractivity contribution is -0.192. The van der Waals surface area contributed by atoms with Gasteiger partial charge in [-0.05, 0) is 94.1 Å². The van der Waals surface area contributed by atoms with Crippen LogP contribution in [-0.4, -0.2) is 73.9 Å². The van der Waals surface area contributed by atoms with Crippen molar-refractivity contribution in [1.29, 1.82) is 0 Å². The summed E-state index contributed by atoms with van der Waals surface area (Å²) in [7, 11) is -3.81. The minimum Gasteiger partial charge on any atom is -0.478 e. The van der Waals surface area contributed by atoms with Crippen LogP contribution in [0.2, 0.25) is 0 Å². The fourth-order valence-corrected chi connectivity index (χ4v) is 6.03. The lowest BCUT2D eigenvalue weighted by Gasteiger charge is -2.41. The molecule has 2 aromatic rings. The predicted molar refractivity (Wildman–Crippen MR) is 144 cm³/mol. The summed E-state index contributed by atoms with van der Waals surface area (Å²) in [6, 6.07) is 10.3. The molecular weight excluding hydrogens is 551 g/mol. The van der Waals surface area contributed by atoms with E-state index in [-0.39, 0.29) is 16.1 Å². The van der Waals surface area contributed by atoms with Crippen molar-refractivity contribution in [1.82, 2.24) is 4.90 Å². The van der Waals surface area contributed by atoms with Gasteiger partial charge in [-0.15, -0.1) is 0 Å². The molecule has 3 N–H and O–H groups in total. The second-order valence-electron chi connectivity index (χ2n) is 10.0. The number of carboxylic acid groups (broad SMARTS) is 2. The summed E-state index contributed by atoms with van der Waals surface area (Å²) in [5.41, 5.74) is 2.90. The summed E-state index contributed by atoms with van der Waals surface area (Å²) in [6.07, 6.45) is 0.795. The normalized spacial score (nSPS) is 17.1. The number of carbonyl (C=O) groups is 2. The highest BCUT2D eigenvalue weighted by Crippen LogP contribution is 2.30. The molecule has 9 nitrogen and oxygen atoms in total. The lowest BCUT2D eigenvalue weighted by Crippen LogP contribution is -2.47. The Balaban J connectivity index is 0.000000559. The van der Waals surface area contributed by atoms with Gasteiger partial charge in [-0.2, -0.15) is 13.2 Å². The van der Waals surface area contributed by atoms with Gasteiger partial charge in [0.1, 0.15) is 0 Å². The summed E-state index contributed by atoms with van der Waals surface area (Å²) < 4.78 is 60.0. The molecule has 220 valence electrons. The molecule has 0 spiro atoms. The lowest BCUT2D eigenvalue weighted by atomic mass is 9.98. The second-order valence-corrected chi connectivity index (χ2v) is 11.7. The molecule has 0 radical (unpaired) electrons. The quantitative estimate of drug-likeness (QED) is 0.438. The molecule has 2 aliphatic rings. The number of aromatic carboxylic acids is 1. The molecule has 0 atom stereocenters. The molecule has 2 fully saturated rings. The number of nitrogens with one attached hydrogen (secondary N) is 1. The summed E-state index contributed by atoms with van der Waals surface area (Å²) in [5, 5.41) is 17.0. The molecule has 0 aromatic heterocycles. The van der Waals surface area contributed by atoms with Crippen LogP contribution in [0.15, 0.2) is 41.3 Å². The van der Waals surface area contributed by atoms with E-state index in [4.69, 9.17) is 9.90 Å². The van der Waals surface area contributed by atoms with E-state index >= 15 is 0 Å². The number of anilines is 2. The van der Waals surface area contributed by atoms with E-state index in [1.807, 2.05) is 13.8 Å². The van der Waals surface area contributed by atoms with E-state index in [2.05, 4.69) is 14.5 Å². The number of aliphatic carboxylic acids is 1. The van der Waals surface area contributed by atoms with Gasteiger partial charge in [0.15, 0.2) is 0 Å². The molecule has 2 aromatic carbocycles. The smallest absolute Gasteiger partial charge is 0.478 e. The number of nitrogens with zero attached hydrogens (tertiary/aromatic N) is 2. The summed E-state index contributed by atoms with van der Waals surface area (Å²) in [4.78, 5) is 25.8. The third-order valence-corrected chi connectivity index (χ3v) is 8.60. The van der Waals surface area contributed by atoms with Crippen LogP contribution in [-0.2, 0) is 14.8 Å². The van der Waals surface area contributed by atoms with Crippen LogP contribution in [0.5, 0.6) is 0 Å². The molecule has 2 aliphatic heterocycles. The molecule has 0 aliphatic carbocycles. The van der Waals surface area contributed by atoms with E-state index in [1.165, 1.54) is 38.4 Å². The third kappa shape index (κ3) is 8.10. The highest BCUT2D eigenvalue weighted by molar-refractivity contribution is 7.92. The number of rotatable bonds is 6. The number of alkyl halides is 3. The number of aryl methyl sites for hydroxylation is 2. The predicted octanol–water partition coefficient (Wildman–Crippen LogP) is 4.89. The first-order valence-electron chi connectivity index (χ1n) is 13.0. The summed E-state index contributed by atoms with van der Waals surface area (Å²) in [5.74, 6) is -3.82. The number of hydrogen-bond acceptors (Lipinski definition) is 6. The molecule has 2 saturated heterocycles. The van der Waals surface area contributed by atoms with Gasteiger partial charge in [0.2, 0.25) is 0 Å². The largest absolute Gasteiger partial charge is 0.490 e. The maximum atomic E-state index is 12.8. The Morgan fingerprint density at radius 1 is 0.900 bits per heavy atom. The van der Waals surface area contributed by atoms with Gasteiger partial charge in [0.25, 0.3) is 10.0 Å². The van der Waals surface area contributed by atoms with Crippen molar-refractivity contribution in [3.05, 3.63) is 53.1 Å². The van der Waals surface area contributed by atoms with Crippen molar-refractivity contribution in [3.8, 4) is 0 Å². The number of halogens is 3. The Morgan fingerprint density at radius 3 is 2.02 bits per heavy atom. The maximum Gasteiger partial charge on any atom is 0.490 e. The van der Waals surface area contributed by atoms with Gasteiger partial charge in [0.05, 0.1) is 16.1 Å². The molecule has 40 heavy (non-hydrogen) atoms. The maximum absolute atomic E-state index is 12.8. The minimum atomic E-state index is -5.08. The third-order valence-electron chi connectivity index (χ3n) is 7.22. The number of benzene rings is 2. The van der Waals surface area contributed by atoms with Gasteiger partial charge in [0, 0.05) is 24.8 Å². The fourth-order valence-electron chi connectivity index (χ4n) is 4.90. The molecule has 13 heteroatoms. The zero-order valence-corrected chi connectivity index (χ0v) is 23.2. The summed E-state index contributed by atoms with van der Waals surface area (Å²) >= 11 is 0. The first-order valence-corrected chi connectivity index (χ1v) is 14.4. The van der Waals surface area contributed by atoms with Crippen molar-refractivity contribution in [2.75, 3.05) is 35.8 Å². The SMILES string of the molecule is Cc1ccc(S(=O)(=O)Nc2ccc(N3CCC(N4CCCCC4)CC3)c(C(=O)O)c2)cc1C.O=C(O)C(F)(F)F. The van der Waals surface area contributed by atoms with Gasteiger partial charge < -0.3 is 20.0 Å². The Labute approximate surface area is 231 Å². The average molecular weight is 586 g/mol. The van der Waals surface area contributed by atoms with E-state index in [0.29, 0.717) is 11.7 Å². The van der Waals surface area contributed by atoms with Crippen LogP contribution >= 0.6 is 0 Å². The fraction of sp³-hybridized carbons (Fsp3) is 0.481. The van der Waals surface area contributed by atoms with Crippen LogP contribution < -0.4 is 9.62 Å². The Bertz CT molecular complexity index is 1320. The molecule has 0 amide bonds. The topological polar surface area (TPSA) is 127 Å². The highest BCUT2D eigenvalue weighted by Gasteiger charge is 2.38. The monoisotopic (exact) mass is 585 g/mol. The van der Waals surface area contributed by atoms with Crippen LogP contribution in [0.1, 0.15) is 53.6 Å². The average Bonchev–Trinajstić information content (AvgIpc) is 2.90. The number of sulfonamides is 1. The van der Waals surface area contributed by atoms with Crippen molar-refractivity contribution >= 4 is 33.3 Å². The molecule has 0 bridgehead atoms. The molecule has 0 saturated carbocycles. The van der Waals surface area contributed by atoms with E-state index in [9.17, 15) is 31.5 Å². The minimum absolute atomic E-state index is 0.117. The number of likely N-dealkylation sites (tertiary alicyclic amines) is 1. The molecule has 4 rings (SSSR count). The standard InChI is InChI=1S/C25H33N3O4S.C2HF3O2/c1-18-6-8-22(16-19(18)2)33(31,32)26-20-7-9-24(23(17-20)25(29)30)28-14-10-21(11-15-28)27-12-4-3-5-13-27;3-2(4,5)1(6)7/h6-9,16-17,21,26H,3-5,10-15H2,1-2H3,(H,29,30);(H,6,7). The Kier molecular flexibility index (Phi) is 10.1. The number of piperidine rings is 2. The van der Waals surface area contributed by atoms with Gasteiger partial charge in [-0.3, -0.25) is 4.72 Å². The molecular formula is C27H34F3N3O6S.